The fourth-order valence-corrected chi connectivity index (χ4v) is 2.60. The van der Waals surface area contributed by atoms with Gasteiger partial charge in [0.25, 0.3) is 0 Å². The van der Waals surface area contributed by atoms with E-state index in [2.05, 4.69) is 37.1 Å². The molecule has 3 heterocycles. The quantitative estimate of drug-likeness (QED) is 0.829. The minimum absolute atomic E-state index is 0.105. The lowest BCUT2D eigenvalue weighted by molar-refractivity contribution is -0.0379. The van der Waals surface area contributed by atoms with Crippen LogP contribution in [0.1, 0.15) is 56.2 Å². The zero-order valence-corrected chi connectivity index (χ0v) is 13.8. The van der Waals surface area contributed by atoms with E-state index in [4.69, 9.17) is 9.26 Å². The van der Waals surface area contributed by atoms with Crippen molar-refractivity contribution in [2.24, 2.45) is 0 Å². The molecule has 1 fully saturated rings. The lowest BCUT2D eigenvalue weighted by Gasteiger charge is -2.30. The largest absolute Gasteiger partial charge is 0.367 e. The van der Waals surface area contributed by atoms with E-state index in [-0.39, 0.29) is 6.10 Å². The minimum atomic E-state index is -0.105. The van der Waals surface area contributed by atoms with Gasteiger partial charge in [-0.3, -0.25) is 10.00 Å². The zero-order valence-electron chi connectivity index (χ0n) is 13.8. The number of aryl methyl sites for hydroxylation is 2. The number of unbranched alkanes of at least 4 members (excludes halogenated alkanes) is 1. The Morgan fingerprint density at radius 2 is 2.22 bits per heavy atom. The van der Waals surface area contributed by atoms with Crippen molar-refractivity contribution < 1.29 is 9.26 Å². The SMILES string of the molecule is CCCCc1nc(CN2CCOC(c3n[nH]c(CC)n3)C2)no1. The second-order valence-electron chi connectivity index (χ2n) is 5.80. The van der Waals surface area contributed by atoms with Gasteiger partial charge in [0.05, 0.1) is 13.2 Å². The number of aromatic amines is 1. The fourth-order valence-electron chi connectivity index (χ4n) is 2.60. The van der Waals surface area contributed by atoms with Crippen LogP contribution in [0.5, 0.6) is 0 Å². The standard InChI is InChI=1S/C15H24N6O2/c1-3-5-6-14-16-13(20-23-14)10-21-7-8-22-11(9-21)15-17-12(4-2)18-19-15/h11H,3-10H2,1-2H3,(H,17,18,19). The summed E-state index contributed by atoms with van der Waals surface area (Å²) in [6.07, 6.45) is 3.79. The fraction of sp³-hybridized carbons (Fsp3) is 0.733. The summed E-state index contributed by atoms with van der Waals surface area (Å²) in [6, 6.07) is 0. The molecule has 2 aromatic heterocycles. The van der Waals surface area contributed by atoms with Crippen molar-refractivity contribution in [3.8, 4) is 0 Å². The molecule has 8 heteroatoms. The van der Waals surface area contributed by atoms with Gasteiger partial charge in [-0.05, 0) is 6.42 Å². The highest BCUT2D eigenvalue weighted by molar-refractivity contribution is 4.97. The number of nitrogens with one attached hydrogen (secondary N) is 1. The number of H-pyrrole nitrogens is 1. The molecule has 3 rings (SSSR count). The first-order valence-corrected chi connectivity index (χ1v) is 8.35. The van der Waals surface area contributed by atoms with Gasteiger partial charge >= 0.3 is 0 Å². The van der Waals surface area contributed by atoms with Crippen molar-refractivity contribution >= 4 is 0 Å². The van der Waals surface area contributed by atoms with Crippen LogP contribution in [0.15, 0.2) is 4.52 Å². The van der Waals surface area contributed by atoms with E-state index in [0.29, 0.717) is 13.2 Å². The van der Waals surface area contributed by atoms with Gasteiger partial charge in [-0.2, -0.15) is 10.1 Å². The van der Waals surface area contributed by atoms with E-state index in [1.807, 2.05) is 6.92 Å². The summed E-state index contributed by atoms with van der Waals surface area (Å²) in [5.74, 6) is 3.08. The van der Waals surface area contributed by atoms with Crippen LogP contribution in [0.25, 0.3) is 0 Å². The maximum atomic E-state index is 5.80. The number of ether oxygens (including phenoxy) is 1. The average molecular weight is 320 g/mol. The van der Waals surface area contributed by atoms with Crippen molar-refractivity contribution in [1.82, 2.24) is 30.2 Å². The highest BCUT2D eigenvalue weighted by Gasteiger charge is 2.26. The molecule has 1 N–H and O–H groups in total. The Hall–Kier alpha value is -1.80. The molecule has 1 atom stereocenters. The molecule has 2 aromatic rings. The molecule has 23 heavy (non-hydrogen) atoms. The molecule has 0 bridgehead atoms. The third-order valence-corrected chi connectivity index (χ3v) is 3.94. The molecular formula is C15H24N6O2. The highest BCUT2D eigenvalue weighted by atomic mass is 16.5. The smallest absolute Gasteiger partial charge is 0.226 e. The van der Waals surface area contributed by atoms with Crippen molar-refractivity contribution in [2.75, 3.05) is 19.7 Å². The zero-order chi connectivity index (χ0) is 16.1. The first-order chi connectivity index (χ1) is 11.3. The Morgan fingerprint density at radius 3 is 3.00 bits per heavy atom. The van der Waals surface area contributed by atoms with Crippen molar-refractivity contribution in [2.45, 2.75) is 52.2 Å². The first kappa shape index (κ1) is 16.1. The van der Waals surface area contributed by atoms with E-state index < -0.39 is 0 Å². The molecule has 1 aliphatic rings. The predicted molar refractivity (Wildman–Crippen MR) is 82.6 cm³/mol. The number of aromatic nitrogens is 5. The Kier molecular flexibility index (Phi) is 5.35. The van der Waals surface area contributed by atoms with Crippen LogP contribution < -0.4 is 0 Å². The van der Waals surface area contributed by atoms with E-state index >= 15 is 0 Å². The first-order valence-electron chi connectivity index (χ1n) is 8.35. The third-order valence-electron chi connectivity index (χ3n) is 3.94. The normalized spacial score (nSPS) is 19.3. The van der Waals surface area contributed by atoms with Gasteiger partial charge < -0.3 is 9.26 Å². The summed E-state index contributed by atoms with van der Waals surface area (Å²) in [5.41, 5.74) is 0. The van der Waals surface area contributed by atoms with E-state index in [1.165, 1.54) is 0 Å². The van der Waals surface area contributed by atoms with Gasteiger partial charge in [0.15, 0.2) is 11.6 Å². The number of hydrogen-bond acceptors (Lipinski definition) is 7. The summed E-state index contributed by atoms with van der Waals surface area (Å²) >= 11 is 0. The molecule has 0 saturated carbocycles. The van der Waals surface area contributed by atoms with Crippen molar-refractivity contribution in [3.63, 3.8) is 0 Å². The Labute approximate surface area is 135 Å². The van der Waals surface area contributed by atoms with Gasteiger partial charge in [0, 0.05) is 25.9 Å². The van der Waals surface area contributed by atoms with E-state index in [1.54, 1.807) is 0 Å². The molecule has 1 aliphatic heterocycles. The summed E-state index contributed by atoms with van der Waals surface area (Å²) in [5, 5.41) is 11.3. The van der Waals surface area contributed by atoms with Crippen LogP contribution >= 0.6 is 0 Å². The molecule has 0 amide bonds. The highest BCUT2D eigenvalue weighted by Crippen LogP contribution is 2.20. The Balaban J connectivity index is 1.57. The molecule has 0 aliphatic carbocycles. The van der Waals surface area contributed by atoms with Gasteiger partial charge in [-0.15, -0.1) is 0 Å². The van der Waals surface area contributed by atoms with Crippen LogP contribution in [0, 0.1) is 0 Å². The molecule has 0 spiro atoms. The Bertz CT molecular complexity index is 611. The summed E-state index contributed by atoms with van der Waals surface area (Å²) in [6.45, 7) is 7.10. The number of morpholine rings is 1. The van der Waals surface area contributed by atoms with Crippen molar-refractivity contribution in [3.05, 3.63) is 23.4 Å². The lowest BCUT2D eigenvalue weighted by Crippen LogP contribution is -2.38. The van der Waals surface area contributed by atoms with Gasteiger partial charge in [0.2, 0.25) is 5.89 Å². The minimum Gasteiger partial charge on any atom is -0.367 e. The Morgan fingerprint density at radius 1 is 1.30 bits per heavy atom. The number of rotatable bonds is 7. The lowest BCUT2D eigenvalue weighted by atomic mass is 10.2. The van der Waals surface area contributed by atoms with Crippen LogP contribution in [0.3, 0.4) is 0 Å². The molecular weight excluding hydrogens is 296 g/mol. The monoisotopic (exact) mass is 320 g/mol. The van der Waals surface area contributed by atoms with Gasteiger partial charge in [-0.1, -0.05) is 25.4 Å². The molecule has 0 radical (unpaired) electrons. The maximum absolute atomic E-state index is 5.80. The average Bonchev–Trinajstić information content (AvgIpc) is 3.22. The summed E-state index contributed by atoms with van der Waals surface area (Å²) in [4.78, 5) is 11.2. The number of nitrogens with zero attached hydrogens (tertiary/aromatic N) is 5. The van der Waals surface area contributed by atoms with Crippen LogP contribution in [0.2, 0.25) is 0 Å². The van der Waals surface area contributed by atoms with E-state index in [0.717, 1.165) is 62.1 Å². The third kappa shape index (κ3) is 4.14. The molecule has 1 unspecified atom stereocenters. The summed E-state index contributed by atoms with van der Waals surface area (Å²) in [7, 11) is 0. The van der Waals surface area contributed by atoms with Gasteiger partial charge in [-0.25, -0.2) is 4.98 Å². The molecule has 0 aromatic carbocycles. The summed E-state index contributed by atoms with van der Waals surface area (Å²) < 4.78 is 11.1. The second kappa shape index (κ2) is 7.65. The molecule has 8 nitrogen and oxygen atoms in total. The number of hydrogen-bond donors (Lipinski definition) is 1. The molecule has 1 saturated heterocycles. The van der Waals surface area contributed by atoms with Crippen molar-refractivity contribution in [1.29, 1.82) is 0 Å². The molecule has 126 valence electrons. The maximum Gasteiger partial charge on any atom is 0.226 e. The second-order valence-corrected chi connectivity index (χ2v) is 5.80. The van der Waals surface area contributed by atoms with Crippen LogP contribution in [0.4, 0.5) is 0 Å². The van der Waals surface area contributed by atoms with Gasteiger partial charge in [0.1, 0.15) is 11.9 Å². The van der Waals surface area contributed by atoms with Crippen LogP contribution in [-0.4, -0.2) is 49.9 Å². The topological polar surface area (TPSA) is 93.0 Å². The van der Waals surface area contributed by atoms with Crippen LogP contribution in [-0.2, 0) is 24.1 Å². The van der Waals surface area contributed by atoms with E-state index in [9.17, 15) is 0 Å². The predicted octanol–water partition coefficient (Wildman–Crippen LogP) is 1.67.